The van der Waals surface area contributed by atoms with Crippen LogP contribution in [0.5, 0.6) is 5.75 Å². The Balaban J connectivity index is 1.18. The summed E-state index contributed by atoms with van der Waals surface area (Å²) in [6.07, 6.45) is 14.1. The van der Waals surface area contributed by atoms with Gasteiger partial charge in [0.25, 0.3) is 0 Å². The van der Waals surface area contributed by atoms with Crippen LogP contribution in [0.4, 0.5) is 0 Å². The van der Waals surface area contributed by atoms with Crippen LogP contribution >= 0.6 is 0 Å². The van der Waals surface area contributed by atoms with E-state index in [4.69, 9.17) is 9.15 Å². The molecular formula is C37H26O2. The van der Waals surface area contributed by atoms with Gasteiger partial charge in [0.15, 0.2) is 0 Å². The highest BCUT2D eigenvalue weighted by Gasteiger charge is 2.54. The van der Waals surface area contributed by atoms with Gasteiger partial charge in [-0.25, -0.2) is 0 Å². The normalized spacial score (nSPS) is 26.0. The van der Waals surface area contributed by atoms with Crippen LogP contribution < -0.4 is 4.74 Å². The summed E-state index contributed by atoms with van der Waals surface area (Å²) in [5.41, 5.74) is 7.97. The Morgan fingerprint density at radius 1 is 0.615 bits per heavy atom. The van der Waals surface area contributed by atoms with Crippen LogP contribution in [0, 0.1) is 23.7 Å². The van der Waals surface area contributed by atoms with Crippen molar-refractivity contribution < 1.29 is 9.15 Å². The molecule has 1 aromatic heterocycles. The van der Waals surface area contributed by atoms with E-state index in [0.717, 1.165) is 44.6 Å². The third-order valence-electron chi connectivity index (χ3n) is 9.30. The zero-order chi connectivity index (χ0) is 25.5. The lowest BCUT2D eigenvalue weighted by Gasteiger charge is -2.36. The van der Waals surface area contributed by atoms with Gasteiger partial charge in [-0.05, 0) is 64.3 Å². The molecule has 3 aliphatic carbocycles. The fourth-order valence-corrected chi connectivity index (χ4v) is 7.68. The molecule has 5 atom stereocenters. The topological polar surface area (TPSA) is 22.4 Å². The van der Waals surface area contributed by atoms with Gasteiger partial charge in [-0.15, -0.1) is 0 Å². The molecule has 5 unspecified atom stereocenters. The monoisotopic (exact) mass is 502 g/mol. The molecule has 0 N–H and O–H groups in total. The lowest BCUT2D eigenvalue weighted by molar-refractivity contribution is 0.266. The molecule has 4 aromatic carbocycles. The molecule has 0 radical (unpaired) electrons. The van der Waals surface area contributed by atoms with Gasteiger partial charge < -0.3 is 9.15 Å². The zero-order valence-corrected chi connectivity index (χ0v) is 21.3. The summed E-state index contributed by atoms with van der Waals surface area (Å²) in [5.74, 6) is 4.33. The maximum Gasteiger partial charge on any atom is 0.143 e. The average molecular weight is 503 g/mol. The van der Waals surface area contributed by atoms with E-state index in [-0.39, 0.29) is 0 Å². The summed E-state index contributed by atoms with van der Waals surface area (Å²) in [6, 6.07) is 32.3. The van der Waals surface area contributed by atoms with Gasteiger partial charge >= 0.3 is 0 Å². The lowest BCUT2D eigenvalue weighted by Crippen LogP contribution is -2.27. The molecule has 2 nitrogen and oxygen atoms in total. The minimum absolute atomic E-state index is 0.374. The summed E-state index contributed by atoms with van der Waals surface area (Å²) < 4.78 is 13.0. The summed E-state index contributed by atoms with van der Waals surface area (Å²) in [6.45, 7) is 0. The molecular weight excluding hydrogens is 476 g/mol. The third-order valence-corrected chi connectivity index (χ3v) is 9.30. The highest BCUT2D eigenvalue weighted by Crippen LogP contribution is 2.62. The first kappa shape index (κ1) is 21.4. The van der Waals surface area contributed by atoms with E-state index in [2.05, 4.69) is 115 Å². The number of para-hydroxylation sites is 3. The van der Waals surface area contributed by atoms with E-state index in [0.29, 0.717) is 29.6 Å². The van der Waals surface area contributed by atoms with Gasteiger partial charge in [-0.1, -0.05) is 103 Å². The highest BCUT2D eigenvalue weighted by molar-refractivity contribution is 6.09. The SMILES string of the molecule is C1=CC2C3C=C(c4cccc(-c5cccc6c5oc5ccccc56)c4)C=C4Oc5ccccc5C(C2C=C1)C43. The Labute approximate surface area is 227 Å². The highest BCUT2D eigenvalue weighted by atomic mass is 16.5. The third kappa shape index (κ3) is 3.03. The van der Waals surface area contributed by atoms with Crippen LogP contribution in [0.25, 0.3) is 38.6 Å². The van der Waals surface area contributed by atoms with E-state index >= 15 is 0 Å². The molecule has 1 aliphatic heterocycles. The van der Waals surface area contributed by atoms with Crippen LogP contribution in [0.15, 0.2) is 138 Å². The second-order valence-corrected chi connectivity index (χ2v) is 11.2. The van der Waals surface area contributed by atoms with Gasteiger partial charge in [-0.2, -0.15) is 0 Å². The van der Waals surface area contributed by atoms with Crippen molar-refractivity contribution in [3.63, 3.8) is 0 Å². The van der Waals surface area contributed by atoms with Crippen molar-refractivity contribution in [2.45, 2.75) is 5.92 Å². The molecule has 4 aliphatic rings. The van der Waals surface area contributed by atoms with Crippen molar-refractivity contribution in [2.24, 2.45) is 23.7 Å². The summed E-state index contributed by atoms with van der Waals surface area (Å²) in [4.78, 5) is 0. The van der Waals surface area contributed by atoms with E-state index in [1.54, 1.807) is 0 Å². The van der Waals surface area contributed by atoms with E-state index in [1.165, 1.54) is 16.7 Å². The van der Waals surface area contributed by atoms with E-state index in [1.807, 2.05) is 12.1 Å². The predicted molar refractivity (Wildman–Crippen MR) is 157 cm³/mol. The molecule has 0 amide bonds. The maximum atomic E-state index is 6.64. The largest absolute Gasteiger partial charge is 0.461 e. The van der Waals surface area contributed by atoms with Crippen molar-refractivity contribution in [3.8, 4) is 16.9 Å². The summed E-state index contributed by atoms with van der Waals surface area (Å²) in [7, 11) is 0. The van der Waals surface area contributed by atoms with Gasteiger partial charge in [0.1, 0.15) is 22.7 Å². The quantitative estimate of drug-likeness (QED) is 0.240. The summed E-state index contributed by atoms with van der Waals surface area (Å²) in [5, 5.41) is 2.32. The Morgan fingerprint density at radius 2 is 1.41 bits per heavy atom. The fraction of sp³-hybridized carbons (Fsp3) is 0.135. The Bertz CT molecular complexity index is 1930. The lowest BCUT2D eigenvalue weighted by atomic mass is 9.75. The minimum Gasteiger partial charge on any atom is -0.461 e. The van der Waals surface area contributed by atoms with Crippen LogP contribution in [0.1, 0.15) is 17.0 Å². The molecule has 0 bridgehead atoms. The van der Waals surface area contributed by atoms with Crippen LogP contribution in [-0.2, 0) is 0 Å². The van der Waals surface area contributed by atoms with Crippen LogP contribution in [0.3, 0.4) is 0 Å². The molecule has 1 fully saturated rings. The first-order chi connectivity index (χ1) is 19.3. The van der Waals surface area contributed by atoms with Gasteiger partial charge in [0, 0.05) is 28.2 Å². The number of benzene rings is 4. The molecule has 186 valence electrons. The van der Waals surface area contributed by atoms with Crippen molar-refractivity contribution in [1.29, 1.82) is 0 Å². The standard InChI is InChI=1S/C37H26O2/c1-2-13-28-26(11-1)31-20-24(21-34-36(31)35(28)30-14-4-6-18-33(30)38-34)22-9-7-10-23(19-22)25-15-8-16-29-27-12-3-5-17-32(27)39-37(25)29/h1-21,26,28,31,35-36H. The molecule has 0 saturated heterocycles. The summed E-state index contributed by atoms with van der Waals surface area (Å²) >= 11 is 0. The Hall–Kier alpha value is -4.56. The first-order valence-corrected chi connectivity index (χ1v) is 13.9. The van der Waals surface area contributed by atoms with Gasteiger partial charge in [0.05, 0.1) is 0 Å². The van der Waals surface area contributed by atoms with E-state index < -0.39 is 0 Å². The number of allylic oxidation sites excluding steroid dienone is 8. The molecule has 2 heteroatoms. The van der Waals surface area contributed by atoms with Crippen molar-refractivity contribution >= 4 is 27.5 Å². The smallest absolute Gasteiger partial charge is 0.143 e. The van der Waals surface area contributed by atoms with Gasteiger partial charge in [-0.3, -0.25) is 0 Å². The second kappa shape index (κ2) is 7.97. The predicted octanol–water partition coefficient (Wildman–Crippen LogP) is 9.31. The fourth-order valence-electron chi connectivity index (χ4n) is 7.68. The zero-order valence-electron chi connectivity index (χ0n) is 21.3. The number of furan rings is 1. The molecule has 5 aromatic rings. The van der Waals surface area contributed by atoms with Crippen molar-refractivity contribution in [3.05, 3.63) is 144 Å². The molecule has 2 heterocycles. The number of hydrogen-bond acceptors (Lipinski definition) is 2. The first-order valence-electron chi connectivity index (χ1n) is 13.9. The van der Waals surface area contributed by atoms with Crippen molar-refractivity contribution in [2.75, 3.05) is 0 Å². The van der Waals surface area contributed by atoms with Crippen molar-refractivity contribution in [1.82, 2.24) is 0 Å². The van der Waals surface area contributed by atoms with Crippen LogP contribution in [0.2, 0.25) is 0 Å². The number of ether oxygens (including phenoxy) is 1. The number of fused-ring (bicyclic) bond motifs is 8. The molecule has 0 spiro atoms. The van der Waals surface area contributed by atoms with Gasteiger partial charge in [0.2, 0.25) is 0 Å². The van der Waals surface area contributed by atoms with E-state index in [9.17, 15) is 0 Å². The Kier molecular flexibility index (Phi) is 4.37. The maximum absolute atomic E-state index is 6.64. The minimum atomic E-state index is 0.374. The average Bonchev–Trinajstić information content (AvgIpc) is 3.54. The number of rotatable bonds is 2. The van der Waals surface area contributed by atoms with Crippen LogP contribution in [-0.4, -0.2) is 0 Å². The molecule has 1 saturated carbocycles. The number of hydrogen-bond donors (Lipinski definition) is 0. The molecule has 9 rings (SSSR count). The second-order valence-electron chi connectivity index (χ2n) is 11.2. The Morgan fingerprint density at radius 3 is 2.38 bits per heavy atom. The molecule has 39 heavy (non-hydrogen) atoms.